The van der Waals surface area contributed by atoms with Gasteiger partial charge in [-0.3, -0.25) is 0 Å². The normalized spacial score (nSPS) is 17.4. The minimum atomic E-state index is -1.12. The first kappa shape index (κ1) is 14.8. The van der Waals surface area contributed by atoms with Crippen LogP contribution in [0, 0.1) is 5.92 Å². The van der Waals surface area contributed by atoms with Gasteiger partial charge in [-0.15, -0.1) is 0 Å². The van der Waals surface area contributed by atoms with Crippen LogP contribution in [-0.2, 0) is 4.79 Å². The van der Waals surface area contributed by atoms with Gasteiger partial charge in [-0.1, -0.05) is 12.8 Å². The monoisotopic (exact) mass is 258 g/mol. The molecule has 6 nitrogen and oxygen atoms in total. The molecule has 0 aromatic rings. The summed E-state index contributed by atoms with van der Waals surface area (Å²) in [4.78, 5) is 24.2. The fourth-order valence-corrected chi connectivity index (χ4v) is 2.31. The van der Waals surface area contributed by atoms with Gasteiger partial charge in [0, 0.05) is 26.6 Å². The van der Waals surface area contributed by atoms with E-state index < -0.39 is 12.0 Å². The number of carboxylic acids is 1. The van der Waals surface area contributed by atoms with Gasteiger partial charge in [-0.05, 0) is 18.8 Å². The van der Waals surface area contributed by atoms with Gasteiger partial charge in [-0.25, -0.2) is 9.59 Å². The molecule has 1 fully saturated rings. The summed E-state index contributed by atoms with van der Waals surface area (Å²) in [5.41, 5.74) is 0. The maximum atomic E-state index is 11.8. The van der Waals surface area contributed by atoms with Crippen molar-refractivity contribution < 1.29 is 19.8 Å². The molecule has 0 bridgehead atoms. The van der Waals surface area contributed by atoms with Crippen LogP contribution in [0.1, 0.15) is 32.1 Å². The highest BCUT2D eigenvalue weighted by atomic mass is 16.4. The lowest BCUT2D eigenvalue weighted by Gasteiger charge is -2.23. The Morgan fingerprint density at radius 3 is 2.50 bits per heavy atom. The van der Waals surface area contributed by atoms with Crippen LogP contribution >= 0.6 is 0 Å². The van der Waals surface area contributed by atoms with E-state index in [2.05, 4.69) is 5.32 Å². The zero-order chi connectivity index (χ0) is 13.5. The summed E-state index contributed by atoms with van der Waals surface area (Å²) in [6.07, 6.45) is 4.72. The summed E-state index contributed by atoms with van der Waals surface area (Å²) in [7, 11) is 1.67. The zero-order valence-electron chi connectivity index (χ0n) is 10.8. The highest BCUT2D eigenvalue weighted by molar-refractivity contribution is 5.82. The molecule has 0 aromatic heterocycles. The van der Waals surface area contributed by atoms with Gasteiger partial charge in [-0.2, -0.15) is 0 Å². The van der Waals surface area contributed by atoms with E-state index >= 15 is 0 Å². The Kier molecular flexibility index (Phi) is 5.91. The molecule has 0 aliphatic heterocycles. The van der Waals surface area contributed by atoms with Crippen molar-refractivity contribution in [3.8, 4) is 0 Å². The van der Waals surface area contributed by atoms with Gasteiger partial charge < -0.3 is 20.4 Å². The Hall–Kier alpha value is -1.30. The molecule has 2 amide bonds. The van der Waals surface area contributed by atoms with E-state index in [0.29, 0.717) is 12.5 Å². The first-order valence-electron chi connectivity index (χ1n) is 6.40. The summed E-state index contributed by atoms with van der Waals surface area (Å²) < 4.78 is 0. The number of hydrogen-bond acceptors (Lipinski definition) is 3. The van der Waals surface area contributed by atoms with E-state index in [-0.39, 0.29) is 19.1 Å². The van der Waals surface area contributed by atoms with E-state index in [1.165, 1.54) is 17.7 Å². The average Bonchev–Trinajstić information content (AvgIpc) is 2.80. The molecule has 1 aliphatic carbocycles. The van der Waals surface area contributed by atoms with Crippen LogP contribution < -0.4 is 5.32 Å². The van der Waals surface area contributed by atoms with Crippen molar-refractivity contribution in [2.24, 2.45) is 5.92 Å². The Bertz CT molecular complexity index is 290. The second-order valence-corrected chi connectivity index (χ2v) is 4.88. The van der Waals surface area contributed by atoms with Crippen molar-refractivity contribution in [3.63, 3.8) is 0 Å². The molecule has 1 saturated carbocycles. The van der Waals surface area contributed by atoms with Crippen molar-refractivity contribution in [2.45, 2.75) is 38.1 Å². The Morgan fingerprint density at radius 2 is 2.00 bits per heavy atom. The van der Waals surface area contributed by atoms with Crippen LogP contribution in [0.5, 0.6) is 0 Å². The zero-order valence-corrected chi connectivity index (χ0v) is 10.8. The number of aliphatic hydroxyl groups excluding tert-OH is 1. The Labute approximate surface area is 107 Å². The lowest BCUT2D eigenvalue weighted by molar-refractivity contribution is -0.139. The molecule has 1 atom stereocenters. The first-order chi connectivity index (χ1) is 8.54. The molecule has 0 radical (unpaired) electrons. The maximum absolute atomic E-state index is 11.8. The maximum Gasteiger partial charge on any atom is 0.326 e. The summed E-state index contributed by atoms with van der Waals surface area (Å²) in [6.45, 7) is 0.404. The highest BCUT2D eigenvalue weighted by Crippen LogP contribution is 2.25. The van der Waals surface area contributed by atoms with Crippen molar-refractivity contribution in [1.82, 2.24) is 10.2 Å². The van der Waals surface area contributed by atoms with Crippen LogP contribution in [0.25, 0.3) is 0 Å². The van der Waals surface area contributed by atoms with Gasteiger partial charge in [0.15, 0.2) is 0 Å². The largest absolute Gasteiger partial charge is 0.480 e. The van der Waals surface area contributed by atoms with Gasteiger partial charge in [0.1, 0.15) is 6.04 Å². The van der Waals surface area contributed by atoms with Crippen LogP contribution in [0.15, 0.2) is 0 Å². The topological polar surface area (TPSA) is 89.9 Å². The van der Waals surface area contributed by atoms with E-state index in [1.807, 2.05) is 0 Å². The summed E-state index contributed by atoms with van der Waals surface area (Å²) >= 11 is 0. The average molecular weight is 258 g/mol. The number of aliphatic hydroxyl groups is 1. The second kappa shape index (κ2) is 7.20. The van der Waals surface area contributed by atoms with Crippen molar-refractivity contribution in [3.05, 3.63) is 0 Å². The summed E-state index contributed by atoms with van der Waals surface area (Å²) in [6, 6.07) is -1.41. The first-order valence-corrected chi connectivity index (χ1v) is 6.40. The SMILES string of the molecule is CN(CC1CCCC1)C(=O)NC(CCO)C(=O)O. The van der Waals surface area contributed by atoms with Crippen LogP contribution in [-0.4, -0.2) is 53.4 Å². The minimum absolute atomic E-state index is 0.0261. The molecular formula is C12H22N2O4. The number of carbonyl (C=O) groups excluding carboxylic acids is 1. The number of nitrogens with one attached hydrogen (secondary N) is 1. The molecule has 1 rings (SSSR count). The molecule has 0 saturated heterocycles. The lowest BCUT2D eigenvalue weighted by atomic mass is 10.1. The number of amides is 2. The lowest BCUT2D eigenvalue weighted by Crippen LogP contribution is -2.48. The van der Waals surface area contributed by atoms with Crippen LogP contribution in [0.2, 0.25) is 0 Å². The molecule has 0 aromatic carbocycles. The van der Waals surface area contributed by atoms with Gasteiger partial charge >= 0.3 is 12.0 Å². The van der Waals surface area contributed by atoms with E-state index in [9.17, 15) is 9.59 Å². The molecule has 18 heavy (non-hydrogen) atoms. The van der Waals surface area contributed by atoms with Crippen molar-refractivity contribution in [1.29, 1.82) is 0 Å². The standard InChI is InChI=1S/C12H22N2O4/c1-14(8-9-4-2-3-5-9)12(18)13-10(6-7-15)11(16)17/h9-10,15H,2-8H2,1H3,(H,13,18)(H,16,17). The predicted molar refractivity (Wildman–Crippen MR) is 66.2 cm³/mol. The molecule has 1 aliphatic rings. The van der Waals surface area contributed by atoms with E-state index in [1.54, 1.807) is 7.05 Å². The number of carboxylic acid groups (broad SMARTS) is 1. The molecular weight excluding hydrogens is 236 g/mol. The van der Waals surface area contributed by atoms with E-state index in [0.717, 1.165) is 12.8 Å². The fourth-order valence-electron chi connectivity index (χ4n) is 2.31. The second-order valence-electron chi connectivity index (χ2n) is 4.88. The summed E-state index contributed by atoms with van der Waals surface area (Å²) in [5.74, 6) is -0.589. The Morgan fingerprint density at radius 1 is 1.39 bits per heavy atom. The third-order valence-electron chi connectivity index (χ3n) is 3.37. The number of carbonyl (C=O) groups is 2. The van der Waals surface area contributed by atoms with E-state index in [4.69, 9.17) is 10.2 Å². The third-order valence-corrected chi connectivity index (χ3v) is 3.37. The van der Waals surface area contributed by atoms with Crippen LogP contribution in [0.3, 0.4) is 0 Å². The van der Waals surface area contributed by atoms with Gasteiger partial charge in [0.05, 0.1) is 0 Å². The quantitative estimate of drug-likeness (QED) is 0.652. The van der Waals surface area contributed by atoms with Gasteiger partial charge in [0.25, 0.3) is 0 Å². The predicted octanol–water partition coefficient (Wildman–Crippen LogP) is 0.654. The molecule has 3 N–H and O–H groups in total. The Balaban J connectivity index is 2.39. The highest BCUT2D eigenvalue weighted by Gasteiger charge is 2.23. The van der Waals surface area contributed by atoms with Crippen molar-refractivity contribution in [2.75, 3.05) is 20.2 Å². The molecule has 1 unspecified atom stereocenters. The molecule has 6 heteroatoms. The third kappa shape index (κ3) is 4.52. The van der Waals surface area contributed by atoms with Crippen molar-refractivity contribution >= 4 is 12.0 Å². The fraction of sp³-hybridized carbons (Fsp3) is 0.833. The number of hydrogen-bond donors (Lipinski definition) is 3. The summed E-state index contributed by atoms with van der Waals surface area (Å²) in [5, 5.41) is 20.0. The van der Waals surface area contributed by atoms with Gasteiger partial charge in [0.2, 0.25) is 0 Å². The molecule has 0 spiro atoms. The molecule has 104 valence electrons. The number of aliphatic carboxylic acids is 1. The minimum Gasteiger partial charge on any atom is -0.480 e. The molecule has 0 heterocycles. The smallest absolute Gasteiger partial charge is 0.326 e. The number of nitrogens with zero attached hydrogens (tertiary/aromatic N) is 1. The van der Waals surface area contributed by atoms with Crippen LogP contribution in [0.4, 0.5) is 4.79 Å². The number of rotatable bonds is 6. The number of urea groups is 1.